The minimum absolute atomic E-state index is 0.0709. The monoisotopic (exact) mass is 350 g/mol. The fraction of sp³-hybridized carbons (Fsp3) is 0.158. The molecule has 3 rings (SSSR count). The highest BCUT2D eigenvalue weighted by Crippen LogP contribution is 2.12. The largest absolute Gasteiger partial charge is 0.481 e. The van der Waals surface area contributed by atoms with Crippen LogP contribution in [-0.4, -0.2) is 32.6 Å². The molecule has 0 radical (unpaired) electrons. The summed E-state index contributed by atoms with van der Waals surface area (Å²) in [5, 5.41) is 12.4. The Labute approximate surface area is 149 Å². The highest BCUT2D eigenvalue weighted by molar-refractivity contribution is 5.80. The fourth-order valence-electron chi connectivity index (χ4n) is 2.48. The maximum Gasteiger partial charge on any atom is 0.303 e. The Hall–Kier alpha value is -3.48. The summed E-state index contributed by atoms with van der Waals surface area (Å²) in [5.41, 5.74) is 1.17. The molecule has 0 spiro atoms. The van der Waals surface area contributed by atoms with Gasteiger partial charge in [-0.2, -0.15) is 0 Å². The number of nitrogens with zero attached hydrogens (tertiary/aromatic N) is 2. The van der Waals surface area contributed by atoms with Gasteiger partial charge in [-0.3, -0.25) is 9.59 Å². The van der Waals surface area contributed by atoms with Crippen molar-refractivity contribution in [2.75, 3.05) is 11.9 Å². The molecule has 26 heavy (non-hydrogen) atoms. The van der Waals surface area contributed by atoms with Crippen LogP contribution in [0.1, 0.15) is 17.8 Å². The predicted molar refractivity (Wildman–Crippen MR) is 100 cm³/mol. The maximum absolute atomic E-state index is 12.2. The van der Waals surface area contributed by atoms with Gasteiger partial charge in [0.25, 0.3) is 5.56 Å². The molecule has 132 valence electrons. The van der Waals surface area contributed by atoms with Crippen LogP contribution in [-0.2, 0) is 11.2 Å². The van der Waals surface area contributed by atoms with E-state index in [0.29, 0.717) is 23.3 Å². The van der Waals surface area contributed by atoms with E-state index in [0.717, 1.165) is 11.4 Å². The van der Waals surface area contributed by atoms with E-state index in [9.17, 15) is 9.59 Å². The highest BCUT2D eigenvalue weighted by Gasteiger charge is 2.06. The molecule has 0 saturated carbocycles. The molecule has 7 heteroatoms. The first-order valence-electron chi connectivity index (χ1n) is 8.18. The molecule has 0 aliphatic rings. The van der Waals surface area contributed by atoms with E-state index in [2.05, 4.69) is 20.3 Å². The Morgan fingerprint density at radius 1 is 1.27 bits per heavy atom. The lowest BCUT2D eigenvalue weighted by Crippen LogP contribution is -2.13. The van der Waals surface area contributed by atoms with Crippen molar-refractivity contribution in [3.8, 4) is 0 Å². The van der Waals surface area contributed by atoms with Crippen molar-refractivity contribution in [2.24, 2.45) is 0 Å². The Morgan fingerprint density at radius 3 is 2.92 bits per heavy atom. The summed E-state index contributed by atoms with van der Waals surface area (Å²) in [6, 6.07) is 11.0. The highest BCUT2D eigenvalue weighted by atomic mass is 16.4. The Bertz CT molecular complexity index is 997. The zero-order valence-electron chi connectivity index (χ0n) is 14.0. The number of fused-ring (bicyclic) bond motifs is 1. The number of carboxylic acids is 1. The van der Waals surface area contributed by atoms with Crippen molar-refractivity contribution in [1.29, 1.82) is 0 Å². The van der Waals surface area contributed by atoms with Gasteiger partial charge in [-0.25, -0.2) is 9.97 Å². The number of pyridine rings is 1. The summed E-state index contributed by atoms with van der Waals surface area (Å²) in [7, 11) is 0. The molecule has 0 bridgehead atoms. The number of anilines is 1. The van der Waals surface area contributed by atoms with Crippen LogP contribution in [0.4, 0.5) is 5.82 Å². The third kappa shape index (κ3) is 4.54. The van der Waals surface area contributed by atoms with Gasteiger partial charge in [0.05, 0.1) is 17.3 Å². The molecule has 3 aromatic rings. The Morgan fingerprint density at radius 2 is 2.15 bits per heavy atom. The SMILES string of the molecule is O=C(O)CCc1nc2ccc(/C=C/CNc3ccccn3)cc2c(=O)[nH]1. The average molecular weight is 350 g/mol. The van der Waals surface area contributed by atoms with E-state index in [1.54, 1.807) is 18.3 Å². The van der Waals surface area contributed by atoms with Crippen LogP contribution >= 0.6 is 0 Å². The number of carbonyl (C=O) groups is 1. The first-order chi connectivity index (χ1) is 12.6. The van der Waals surface area contributed by atoms with Gasteiger partial charge in [-0.15, -0.1) is 0 Å². The van der Waals surface area contributed by atoms with E-state index in [-0.39, 0.29) is 18.4 Å². The summed E-state index contributed by atoms with van der Waals surface area (Å²) < 4.78 is 0. The number of aliphatic carboxylic acids is 1. The van der Waals surface area contributed by atoms with Crippen LogP contribution in [0.5, 0.6) is 0 Å². The molecule has 0 amide bonds. The number of aromatic nitrogens is 3. The van der Waals surface area contributed by atoms with Gasteiger partial charge >= 0.3 is 5.97 Å². The zero-order valence-corrected chi connectivity index (χ0v) is 14.0. The number of H-pyrrole nitrogens is 1. The van der Waals surface area contributed by atoms with E-state index in [1.807, 2.05) is 36.4 Å². The molecule has 2 aromatic heterocycles. The molecular weight excluding hydrogens is 332 g/mol. The van der Waals surface area contributed by atoms with Gasteiger partial charge in [0.2, 0.25) is 0 Å². The second kappa shape index (κ2) is 8.06. The first kappa shape index (κ1) is 17.3. The number of benzene rings is 1. The molecule has 7 nitrogen and oxygen atoms in total. The van der Waals surface area contributed by atoms with Crippen molar-refractivity contribution < 1.29 is 9.90 Å². The molecule has 1 aromatic carbocycles. The van der Waals surface area contributed by atoms with Gasteiger partial charge < -0.3 is 15.4 Å². The van der Waals surface area contributed by atoms with Crippen LogP contribution < -0.4 is 10.9 Å². The first-order valence-corrected chi connectivity index (χ1v) is 8.18. The number of aromatic amines is 1. The summed E-state index contributed by atoms with van der Waals surface area (Å²) in [6.07, 6.45) is 5.70. The van der Waals surface area contributed by atoms with Gasteiger partial charge in [-0.05, 0) is 29.8 Å². The van der Waals surface area contributed by atoms with Crippen molar-refractivity contribution in [2.45, 2.75) is 12.8 Å². The predicted octanol–water partition coefficient (Wildman–Crippen LogP) is 2.46. The number of nitrogens with one attached hydrogen (secondary N) is 2. The third-order valence-electron chi connectivity index (χ3n) is 3.73. The van der Waals surface area contributed by atoms with E-state index in [1.165, 1.54) is 0 Å². The number of hydrogen-bond donors (Lipinski definition) is 3. The van der Waals surface area contributed by atoms with Gasteiger partial charge in [0.1, 0.15) is 11.6 Å². The second-order valence-corrected chi connectivity index (χ2v) is 5.68. The van der Waals surface area contributed by atoms with E-state index >= 15 is 0 Å². The minimum atomic E-state index is -0.924. The molecule has 0 aliphatic carbocycles. The summed E-state index contributed by atoms with van der Waals surface area (Å²) in [4.78, 5) is 34.0. The van der Waals surface area contributed by atoms with Crippen molar-refractivity contribution in [3.05, 3.63) is 70.4 Å². The molecule has 0 fully saturated rings. The lowest BCUT2D eigenvalue weighted by atomic mass is 10.1. The molecule has 2 heterocycles. The summed E-state index contributed by atoms with van der Waals surface area (Å²) in [6.45, 7) is 0.609. The van der Waals surface area contributed by atoms with Crippen LogP contribution in [0.15, 0.2) is 53.5 Å². The smallest absolute Gasteiger partial charge is 0.303 e. The Kier molecular flexibility index (Phi) is 5.38. The third-order valence-corrected chi connectivity index (χ3v) is 3.73. The average Bonchev–Trinajstić information content (AvgIpc) is 2.65. The van der Waals surface area contributed by atoms with Gasteiger partial charge in [0.15, 0.2) is 0 Å². The standard InChI is InChI=1S/C19H18N4O3/c24-18(25)9-8-17-22-15-7-6-13(12-14(15)19(26)23-17)4-3-11-21-16-5-1-2-10-20-16/h1-7,10,12H,8-9,11H2,(H,20,21)(H,24,25)(H,22,23,26)/b4-3+. The normalized spacial score (nSPS) is 11.1. The van der Waals surface area contributed by atoms with Crippen LogP contribution in [0.2, 0.25) is 0 Å². The van der Waals surface area contributed by atoms with Crippen molar-refractivity contribution >= 4 is 28.8 Å². The number of carboxylic acid groups (broad SMARTS) is 1. The fourth-order valence-corrected chi connectivity index (χ4v) is 2.48. The van der Waals surface area contributed by atoms with Crippen molar-refractivity contribution in [1.82, 2.24) is 15.0 Å². The lowest BCUT2D eigenvalue weighted by Gasteiger charge is -2.03. The minimum Gasteiger partial charge on any atom is -0.481 e. The van der Waals surface area contributed by atoms with E-state index in [4.69, 9.17) is 5.11 Å². The van der Waals surface area contributed by atoms with Crippen molar-refractivity contribution in [3.63, 3.8) is 0 Å². The number of rotatable bonds is 7. The second-order valence-electron chi connectivity index (χ2n) is 5.68. The topological polar surface area (TPSA) is 108 Å². The molecular formula is C19H18N4O3. The Balaban J connectivity index is 1.71. The van der Waals surface area contributed by atoms with Crippen LogP contribution in [0, 0.1) is 0 Å². The summed E-state index contributed by atoms with van der Waals surface area (Å²) >= 11 is 0. The molecule has 0 atom stereocenters. The molecule has 0 aliphatic heterocycles. The van der Waals surface area contributed by atoms with Crippen LogP contribution in [0.3, 0.4) is 0 Å². The van der Waals surface area contributed by atoms with Gasteiger partial charge in [-0.1, -0.05) is 24.3 Å². The maximum atomic E-state index is 12.2. The van der Waals surface area contributed by atoms with E-state index < -0.39 is 5.97 Å². The lowest BCUT2D eigenvalue weighted by molar-refractivity contribution is -0.137. The quantitative estimate of drug-likeness (QED) is 0.604. The number of aryl methyl sites for hydroxylation is 1. The zero-order chi connectivity index (χ0) is 18.4. The van der Waals surface area contributed by atoms with Gasteiger partial charge in [0, 0.05) is 19.2 Å². The molecule has 0 unspecified atom stereocenters. The summed E-state index contributed by atoms with van der Waals surface area (Å²) in [5.74, 6) is 0.255. The molecule has 3 N–H and O–H groups in total. The molecule has 0 saturated heterocycles. The van der Waals surface area contributed by atoms with Crippen LogP contribution in [0.25, 0.3) is 17.0 Å². The number of hydrogen-bond acceptors (Lipinski definition) is 5.